The van der Waals surface area contributed by atoms with Crippen LogP contribution in [-0.2, 0) is 0 Å². The molecule has 0 atom stereocenters. The second-order valence-corrected chi connectivity index (χ2v) is 8.30. The zero-order chi connectivity index (χ0) is 21.2. The van der Waals surface area contributed by atoms with Gasteiger partial charge in [-0.3, -0.25) is 10.1 Å². The first-order chi connectivity index (χ1) is 13.9. The molecule has 2 rings (SSSR count). The Morgan fingerprint density at radius 3 is 2.52 bits per heavy atom. The minimum absolute atomic E-state index is 0.213. The van der Waals surface area contributed by atoms with Gasteiger partial charge in [0.2, 0.25) is 0 Å². The fourth-order valence-corrected chi connectivity index (χ4v) is 2.93. The molecular weight excluding hydrogens is 452 g/mol. The molecule has 156 valence electrons. The number of amides is 1. The van der Waals surface area contributed by atoms with Crippen molar-refractivity contribution < 1.29 is 14.3 Å². The number of rotatable bonds is 9. The Kier molecular flexibility index (Phi) is 9.41. The summed E-state index contributed by atoms with van der Waals surface area (Å²) in [5.74, 6) is 1.47. The molecule has 7 heteroatoms. The quantitative estimate of drug-likeness (QED) is 0.352. The van der Waals surface area contributed by atoms with E-state index in [-0.39, 0.29) is 11.0 Å². The number of carbonyl (C=O) groups is 1. The molecule has 2 aromatic carbocycles. The minimum atomic E-state index is -0.327. The third-order valence-electron chi connectivity index (χ3n) is 3.86. The number of carbonyl (C=O) groups excluding carboxylic acids is 1. The molecule has 2 N–H and O–H groups in total. The lowest BCUT2D eigenvalue weighted by molar-refractivity contribution is 0.0973. The standard InChI is InChI=1S/C22H27BrN2O3S/c1-4-5-12-27-20-11-6-16(23)13-19(20)21(26)25-22(29)24-17-7-9-18(10-8-17)28-14-15(2)3/h6-11,13,15H,4-5,12,14H2,1-3H3,(H2,24,25,26,29). The second kappa shape index (κ2) is 11.8. The van der Waals surface area contributed by atoms with E-state index in [9.17, 15) is 4.79 Å². The molecule has 0 aliphatic heterocycles. The van der Waals surface area contributed by atoms with Crippen LogP contribution in [0.15, 0.2) is 46.9 Å². The molecule has 0 saturated carbocycles. The highest BCUT2D eigenvalue weighted by Crippen LogP contribution is 2.24. The van der Waals surface area contributed by atoms with Crippen molar-refractivity contribution in [2.24, 2.45) is 5.92 Å². The predicted molar refractivity (Wildman–Crippen MR) is 125 cm³/mol. The van der Waals surface area contributed by atoms with E-state index in [1.54, 1.807) is 12.1 Å². The highest BCUT2D eigenvalue weighted by atomic mass is 79.9. The zero-order valence-corrected chi connectivity index (χ0v) is 19.4. The maximum Gasteiger partial charge on any atom is 0.261 e. The molecule has 0 aliphatic rings. The molecule has 0 radical (unpaired) electrons. The summed E-state index contributed by atoms with van der Waals surface area (Å²) in [4.78, 5) is 12.7. The van der Waals surface area contributed by atoms with Gasteiger partial charge in [-0.25, -0.2) is 0 Å². The molecule has 0 aromatic heterocycles. The molecule has 29 heavy (non-hydrogen) atoms. The molecule has 1 amide bonds. The Labute approximate surface area is 186 Å². The summed E-state index contributed by atoms with van der Waals surface area (Å²) in [6.07, 6.45) is 1.95. The number of benzene rings is 2. The summed E-state index contributed by atoms with van der Waals surface area (Å²) in [5, 5.41) is 5.93. The minimum Gasteiger partial charge on any atom is -0.493 e. The van der Waals surface area contributed by atoms with Gasteiger partial charge in [0.25, 0.3) is 5.91 Å². The number of anilines is 1. The highest BCUT2D eigenvalue weighted by Gasteiger charge is 2.15. The van der Waals surface area contributed by atoms with E-state index >= 15 is 0 Å². The van der Waals surface area contributed by atoms with Crippen LogP contribution in [0.2, 0.25) is 0 Å². The number of halogens is 1. The zero-order valence-electron chi connectivity index (χ0n) is 17.0. The van der Waals surface area contributed by atoms with Crippen molar-refractivity contribution in [3.8, 4) is 11.5 Å². The maximum absolute atomic E-state index is 12.7. The van der Waals surface area contributed by atoms with Gasteiger partial charge in [-0.05, 0) is 67.0 Å². The van der Waals surface area contributed by atoms with Gasteiger partial charge >= 0.3 is 0 Å². The maximum atomic E-state index is 12.7. The van der Waals surface area contributed by atoms with E-state index < -0.39 is 0 Å². The molecule has 5 nitrogen and oxygen atoms in total. The fraction of sp³-hybridized carbons (Fsp3) is 0.364. The van der Waals surface area contributed by atoms with E-state index in [2.05, 4.69) is 47.3 Å². The van der Waals surface area contributed by atoms with E-state index in [0.29, 0.717) is 30.4 Å². The van der Waals surface area contributed by atoms with Gasteiger partial charge in [-0.1, -0.05) is 43.1 Å². The molecule has 0 unspecified atom stereocenters. The van der Waals surface area contributed by atoms with Gasteiger partial charge in [0.05, 0.1) is 18.8 Å². The van der Waals surface area contributed by atoms with Gasteiger partial charge in [-0.2, -0.15) is 0 Å². The normalized spacial score (nSPS) is 10.5. The Morgan fingerprint density at radius 1 is 1.14 bits per heavy atom. The van der Waals surface area contributed by atoms with Crippen LogP contribution in [0, 0.1) is 5.92 Å². The first-order valence-electron chi connectivity index (χ1n) is 9.66. The Balaban J connectivity index is 1.96. The number of nitrogens with one attached hydrogen (secondary N) is 2. The Hall–Kier alpha value is -2.12. The van der Waals surface area contributed by atoms with E-state index in [0.717, 1.165) is 28.8 Å². The van der Waals surface area contributed by atoms with Crippen LogP contribution < -0.4 is 20.1 Å². The Bertz CT molecular complexity index is 825. The number of hydrogen-bond acceptors (Lipinski definition) is 4. The van der Waals surface area contributed by atoms with Gasteiger partial charge in [0.15, 0.2) is 5.11 Å². The molecule has 0 saturated heterocycles. The molecule has 0 bridgehead atoms. The molecule has 0 spiro atoms. The number of hydrogen-bond donors (Lipinski definition) is 2. The van der Waals surface area contributed by atoms with Crippen molar-refractivity contribution in [3.63, 3.8) is 0 Å². The molecular formula is C22H27BrN2O3S. The lowest BCUT2D eigenvalue weighted by atomic mass is 10.2. The molecule has 2 aromatic rings. The predicted octanol–water partition coefficient (Wildman–Crippen LogP) is 5.79. The smallest absolute Gasteiger partial charge is 0.261 e. The van der Waals surface area contributed by atoms with Gasteiger partial charge in [-0.15, -0.1) is 0 Å². The van der Waals surface area contributed by atoms with E-state index in [4.69, 9.17) is 21.7 Å². The lowest BCUT2D eigenvalue weighted by Gasteiger charge is -2.14. The third-order valence-corrected chi connectivity index (χ3v) is 4.56. The average Bonchev–Trinajstić information content (AvgIpc) is 2.68. The van der Waals surface area contributed by atoms with Gasteiger partial charge in [0.1, 0.15) is 11.5 Å². The summed E-state index contributed by atoms with van der Waals surface area (Å²) in [6, 6.07) is 12.8. The van der Waals surface area contributed by atoms with Crippen molar-refractivity contribution in [1.29, 1.82) is 0 Å². The number of unbranched alkanes of at least 4 members (excludes halogenated alkanes) is 1. The van der Waals surface area contributed by atoms with Crippen molar-refractivity contribution >= 4 is 44.9 Å². The summed E-state index contributed by atoms with van der Waals surface area (Å²) in [7, 11) is 0. The van der Waals surface area contributed by atoms with E-state index in [1.165, 1.54) is 0 Å². The van der Waals surface area contributed by atoms with Crippen LogP contribution >= 0.6 is 28.1 Å². The van der Waals surface area contributed by atoms with Crippen LogP contribution in [-0.4, -0.2) is 24.2 Å². The largest absolute Gasteiger partial charge is 0.493 e. The Morgan fingerprint density at radius 2 is 1.86 bits per heavy atom. The van der Waals surface area contributed by atoms with E-state index in [1.807, 2.05) is 30.3 Å². The second-order valence-electron chi connectivity index (χ2n) is 6.98. The van der Waals surface area contributed by atoms with Gasteiger partial charge in [0, 0.05) is 10.2 Å². The topological polar surface area (TPSA) is 59.6 Å². The average molecular weight is 479 g/mol. The molecule has 0 fully saturated rings. The van der Waals surface area contributed by atoms with Gasteiger partial charge < -0.3 is 14.8 Å². The lowest BCUT2D eigenvalue weighted by Crippen LogP contribution is -2.34. The first kappa shape index (κ1) is 23.2. The summed E-state index contributed by atoms with van der Waals surface area (Å²) < 4.78 is 12.2. The SMILES string of the molecule is CCCCOc1ccc(Br)cc1C(=O)NC(=S)Nc1ccc(OCC(C)C)cc1. The summed E-state index contributed by atoms with van der Waals surface area (Å²) >= 11 is 8.68. The number of thiocarbonyl (C=S) groups is 1. The first-order valence-corrected chi connectivity index (χ1v) is 10.9. The third kappa shape index (κ3) is 8.03. The summed E-state index contributed by atoms with van der Waals surface area (Å²) in [6.45, 7) is 7.51. The molecule has 0 aliphatic carbocycles. The van der Waals surface area contributed by atoms with Crippen LogP contribution in [0.1, 0.15) is 44.0 Å². The van der Waals surface area contributed by atoms with Crippen LogP contribution in [0.25, 0.3) is 0 Å². The summed E-state index contributed by atoms with van der Waals surface area (Å²) in [5.41, 5.74) is 1.19. The van der Waals surface area contributed by atoms with Crippen LogP contribution in [0.5, 0.6) is 11.5 Å². The van der Waals surface area contributed by atoms with Crippen molar-refractivity contribution in [3.05, 3.63) is 52.5 Å². The van der Waals surface area contributed by atoms with Crippen LogP contribution in [0.4, 0.5) is 5.69 Å². The highest BCUT2D eigenvalue weighted by molar-refractivity contribution is 9.10. The van der Waals surface area contributed by atoms with Crippen LogP contribution in [0.3, 0.4) is 0 Å². The van der Waals surface area contributed by atoms with Crippen molar-refractivity contribution in [2.75, 3.05) is 18.5 Å². The van der Waals surface area contributed by atoms with Crippen molar-refractivity contribution in [2.45, 2.75) is 33.6 Å². The fourth-order valence-electron chi connectivity index (χ4n) is 2.36. The molecule has 0 heterocycles. The number of ether oxygens (including phenoxy) is 2. The monoisotopic (exact) mass is 478 g/mol. The van der Waals surface area contributed by atoms with Crippen molar-refractivity contribution in [1.82, 2.24) is 5.32 Å².